The first kappa shape index (κ1) is 16.7. The third-order valence-corrected chi connectivity index (χ3v) is 4.03. The van der Waals surface area contributed by atoms with E-state index in [2.05, 4.69) is 0 Å². The number of carboxylic acids is 1. The minimum atomic E-state index is -1.11. The van der Waals surface area contributed by atoms with Gasteiger partial charge in [0.15, 0.2) is 0 Å². The van der Waals surface area contributed by atoms with Crippen LogP contribution in [0.1, 0.15) is 51.3 Å². The van der Waals surface area contributed by atoms with Crippen LogP contribution in [-0.4, -0.2) is 58.2 Å². The lowest BCUT2D eigenvalue weighted by Gasteiger charge is -2.27. The fourth-order valence-electron chi connectivity index (χ4n) is 2.45. The number of amides is 3. The first-order valence-corrected chi connectivity index (χ1v) is 7.27. The Kier molecular flexibility index (Phi) is 4.49. The molecule has 1 aromatic rings. The van der Waals surface area contributed by atoms with Crippen molar-refractivity contribution in [1.29, 1.82) is 0 Å². The Labute approximate surface area is 133 Å². The van der Waals surface area contributed by atoms with Crippen molar-refractivity contribution in [3.8, 4) is 0 Å². The van der Waals surface area contributed by atoms with E-state index in [4.69, 9.17) is 5.11 Å². The van der Waals surface area contributed by atoms with Crippen molar-refractivity contribution in [2.45, 2.75) is 26.3 Å². The molecule has 7 nitrogen and oxygen atoms in total. The molecule has 1 aliphatic rings. The standard InChI is InChI=1S/C16H18N2O5/c1-4-9(2)18(8-13(19)20)14(21)10-5-6-11-12(7-10)16(23)17(3)15(11)22/h5-7,9H,4,8H2,1-3H3,(H,19,20). The Morgan fingerprint density at radius 2 is 1.83 bits per heavy atom. The predicted octanol–water partition coefficient (Wildman–Crippen LogP) is 1.24. The predicted molar refractivity (Wildman–Crippen MR) is 81.3 cm³/mol. The summed E-state index contributed by atoms with van der Waals surface area (Å²) in [5.41, 5.74) is 0.618. The van der Waals surface area contributed by atoms with Gasteiger partial charge in [-0.05, 0) is 31.5 Å². The number of hydrogen-bond acceptors (Lipinski definition) is 4. The molecule has 2 rings (SSSR count). The molecule has 3 amide bonds. The molecule has 0 bridgehead atoms. The summed E-state index contributed by atoms with van der Waals surface area (Å²) in [6, 6.07) is 3.98. The van der Waals surface area contributed by atoms with E-state index in [-0.39, 0.29) is 22.7 Å². The Bertz CT molecular complexity index is 698. The van der Waals surface area contributed by atoms with E-state index in [1.54, 1.807) is 6.92 Å². The van der Waals surface area contributed by atoms with Gasteiger partial charge in [-0.25, -0.2) is 0 Å². The topological polar surface area (TPSA) is 95.0 Å². The average molecular weight is 318 g/mol. The second kappa shape index (κ2) is 6.20. The quantitative estimate of drug-likeness (QED) is 0.824. The SMILES string of the molecule is CCC(C)N(CC(=O)O)C(=O)c1ccc2c(c1)C(=O)N(C)C2=O. The first-order chi connectivity index (χ1) is 10.8. The summed E-state index contributed by atoms with van der Waals surface area (Å²) >= 11 is 0. The zero-order valence-electron chi connectivity index (χ0n) is 13.2. The van der Waals surface area contributed by atoms with Crippen LogP contribution in [0.2, 0.25) is 0 Å². The van der Waals surface area contributed by atoms with Crippen molar-refractivity contribution in [1.82, 2.24) is 9.80 Å². The van der Waals surface area contributed by atoms with Gasteiger partial charge in [-0.3, -0.25) is 24.1 Å². The second-order valence-corrected chi connectivity index (χ2v) is 5.51. The molecule has 0 saturated carbocycles. The molecule has 0 saturated heterocycles. The summed E-state index contributed by atoms with van der Waals surface area (Å²) in [5, 5.41) is 8.99. The van der Waals surface area contributed by atoms with Gasteiger partial charge < -0.3 is 10.0 Å². The van der Waals surface area contributed by atoms with Gasteiger partial charge in [-0.2, -0.15) is 0 Å². The van der Waals surface area contributed by atoms with Gasteiger partial charge >= 0.3 is 5.97 Å². The largest absolute Gasteiger partial charge is 0.480 e. The molecule has 1 N–H and O–H groups in total. The zero-order valence-corrected chi connectivity index (χ0v) is 13.2. The minimum Gasteiger partial charge on any atom is -0.480 e. The third kappa shape index (κ3) is 2.94. The van der Waals surface area contributed by atoms with Crippen molar-refractivity contribution in [3.63, 3.8) is 0 Å². The van der Waals surface area contributed by atoms with E-state index in [9.17, 15) is 19.2 Å². The van der Waals surface area contributed by atoms with E-state index in [1.165, 1.54) is 30.1 Å². The van der Waals surface area contributed by atoms with Crippen LogP contribution in [0, 0.1) is 0 Å². The monoisotopic (exact) mass is 318 g/mol. The van der Waals surface area contributed by atoms with Gasteiger partial charge in [-0.15, -0.1) is 0 Å². The number of nitrogens with zero attached hydrogens (tertiary/aromatic N) is 2. The maximum absolute atomic E-state index is 12.6. The van der Waals surface area contributed by atoms with Gasteiger partial charge in [0.25, 0.3) is 17.7 Å². The van der Waals surface area contributed by atoms with Crippen molar-refractivity contribution >= 4 is 23.7 Å². The number of benzene rings is 1. The highest BCUT2D eigenvalue weighted by atomic mass is 16.4. The molecule has 1 aromatic carbocycles. The number of carbonyl (C=O) groups excluding carboxylic acids is 3. The molecule has 1 aliphatic heterocycles. The molecular weight excluding hydrogens is 300 g/mol. The summed E-state index contributed by atoms with van der Waals surface area (Å²) in [5.74, 6) is -2.45. The van der Waals surface area contributed by atoms with Crippen molar-refractivity contribution in [3.05, 3.63) is 34.9 Å². The fraction of sp³-hybridized carbons (Fsp3) is 0.375. The molecule has 7 heteroatoms. The fourth-order valence-corrected chi connectivity index (χ4v) is 2.45. The van der Waals surface area contributed by atoms with Crippen LogP contribution in [0.15, 0.2) is 18.2 Å². The Balaban J connectivity index is 2.38. The van der Waals surface area contributed by atoms with Gasteiger partial charge in [0.2, 0.25) is 0 Å². The van der Waals surface area contributed by atoms with E-state index in [0.29, 0.717) is 6.42 Å². The number of fused-ring (bicyclic) bond motifs is 1. The maximum Gasteiger partial charge on any atom is 0.323 e. The summed E-state index contributed by atoms with van der Waals surface area (Å²) in [6.45, 7) is 3.20. The van der Waals surface area contributed by atoms with Crippen LogP contribution in [0.3, 0.4) is 0 Å². The molecule has 0 fully saturated rings. The molecule has 1 atom stereocenters. The highest BCUT2D eigenvalue weighted by molar-refractivity contribution is 6.21. The lowest BCUT2D eigenvalue weighted by Crippen LogP contribution is -2.41. The number of hydrogen-bond donors (Lipinski definition) is 1. The molecule has 23 heavy (non-hydrogen) atoms. The van der Waals surface area contributed by atoms with Gasteiger partial charge in [-0.1, -0.05) is 6.92 Å². The second-order valence-electron chi connectivity index (χ2n) is 5.51. The minimum absolute atomic E-state index is 0.169. The number of imide groups is 1. The lowest BCUT2D eigenvalue weighted by atomic mass is 10.0. The third-order valence-electron chi connectivity index (χ3n) is 4.03. The lowest BCUT2D eigenvalue weighted by molar-refractivity contribution is -0.138. The zero-order chi connectivity index (χ0) is 17.3. The van der Waals surface area contributed by atoms with Gasteiger partial charge in [0, 0.05) is 18.7 Å². The summed E-state index contributed by atoms with van der Waals surface area (Å²) in [6.07, 6.45) is 0.601. The van der Waals surface area contributed by atoms with E-state index in [0.717, 1.165) is 4.90 Å². The smallest absolute Gasteiger partial charge is 0.323 e. The number of carboxylic acid groups (broad SMARTS) is 1. The van der Waals surface area contributed by atoms with Crippen molar-refractivity contribution in [2.24, 2.45) is 0 Å². The van der Waals surface area contributed by atoms with Crippen LogP contribution >= 0.6 is 0 Å². The maximum atomic E-state index is 12.6. The van der Waals surface area contributed by atoms with E-state index < -0.39 is 30.2 Å². The number of aliphatic carboxylic acids is 1. The Hall–Kier alpha value is -2.70. The molecular formula is C16H18N2O5. The van der Waals surface area contributed by atoms with Gasteiger partial charge in [0.1, 0.15) is 6.54 Å². The molecule has 0 aromatic heterocycles. The van der Waals surface area contributed by atoms with E-state index >= 15 is 0 Å². The molecule has 0 radical (unpaired) electrons. The van der Waals surface area contributed by atoms with Crippen molar-refractivity contribution < 1.29 is 24.3 Å². The van der Waals surface area contributed by atoms with Crippen LogP contribution in [0.25, 0.3) is 0 Å². The highest BCUT2D eigenvalue weighted by Crippen LogP contribution is 2.23. The molecule has 122 valence electrons. The number of rotatable bonds is 5. The molecule has 0 aliphatic carbocycles. The van der Waals surface area contributed by atoms with Crippen LogP contribution in [-0.2, 0) is 4.79 Å². The summed E-state index contributed by atoms with van der Waals surface area (Å²) < 4.78 is 0. The summed E-state index contributed by atoms with van der Waals surface area (Å²) in [4.78, 5) is 49.7. The average Bonchev–Trinajstić information content (AvgIpc) is 2.75. The van der Waals surface area contributed by atoms with E-state index in [1.807, 2.05) is 6.92 Å². The van der Waals surface area contributed by atoms with Gasteiger partial charge in [0.05, 0.1) is 11.1 Å². The van der Waals surface area contributed by atoms with Crippen LogP contribution in [0.4, 0.5) is 0 Å². The Morgan fingerprint density at radius 3 is 2.39 bits per heavy atom. The molecule has 1 unspecified atom stereocenters. The Morgan fingerprint density at radius 1 is 1.22 bits per heavy atom. The molecule has 0 spiro atoms. The highest BCUT2D eigenvalue weighted by Gasteiger charge is 2.34. The first-order valence-electron chi connectivity index (χ1n) is 7.27. The van der Waals surface area contributed by atoms with Crippen LogP contribution in [0.5, 0.6) is 0 Å². The van der Waals surface area contributed by atoms with Crippen LogP contribution < -0.4 is 0 Å². The molecule has 1 heterocycles. The van der Waals surface area contributed by atoms with Crippen molar-refractivity contribution in [2.75, 3.05) is 13.6 Å². The number of carbonyl (C=O) groups is 4. The normalized spacial score (nSPS) is 14.7. The summed E-state index contributed by atoms with van der Waals surface area (Å²) in [7, 11) is 1.38.